The van der Waals surface area contributed by atoms with Crippen LogP contribution in [0.15, 0.2) is 24.3 Å². The second-order valence-electron chi connectivity index (χ2n) is 9.38. The monoisotopic (exact) mass is 448 g/mol. The van der Waals surface area contributed by atoms with Gasteiger partial charge in [-0.2, -0.15) is 0 Å². The standard InChI is InChI=1S/C24H36N2O6/c1-15(2)20(27)25-22(29)31-12-9-18-7-6-17(5)24(10-8-19(18)14-24)11-13-32-23(30)26-21(28)16(3)4/h17-19H,1,3,6-14H2,2,4-5H3,(H,25,27,29)(H,26,28,30). The first kappa shape index (κ1) is 25.6. The van der Waals surface area contributed by atoms with Crippen molar-refractivity contribution in [2.24, 2.45) is 23.2 Å². The molecule has 0 radical (unpaired) electrons. The summed E-state index contributed by atoms with van der Waals surface area (Å²) in [5, 5.41) is 4.32. The van der Waals surface area contributed by atoms with Gasteiger partial charge in [0.25, 0.3) is 11.8 Å². The number of ether oxygens (including phenoxy) is 2. The number of hydrogen-bond acceptors (Lipinski definition) is 6. The van der Waals surface area contributed by atoms with Crippen molar-refractivity contribution < 1.29 is 28.7 Å². The maximum Gasteiger partial charge on any atom is 0.414 e. The van der Waals surface area contributed by atoms with Crippen LogP contribution in [-0.2, 0) is 19.1 Å². The lowest BCUT2D eigenvalue weighted by molar-refractivity contribution is -0.117. The molecule has 2 aliphatic carbocycles. The lowest BCUT2D eigenvalue weighted by atomic mass is 9.71. The van der Waals surface area contributed by atoms with Crippen molar-refractivity contribution in [2.45, 2.75) is 65.7 Å². The fourth-order valence-corrected chi connectivity index (χ4v) is 5.03. The van der Waals surface area contributed by atoms with Gasteiger partial charge >= 0.3 is 12.2 Å². The molecule has 2 fully saturated rings. The van der Waals surface area contributed by atoms with E-state index in [4.69, 9.17) is 9.47 Å². The number of carbonyl (C=O) groups excluding carboxylic acids is 4. The maximum absolute atomic E-state index is 11.8. The number of fused-ring (bicyclic) bond motifs is 2. The van der Waals surface area contributed by atoms with Gasteiger partial charge in [0.05, 0.1) is 13.2 Å². The molecule has 4 atom stereocenters. The van der Waals surface area contributed by atoms with Crippen LogP contribution >= 0.6 is 0 Å². The van der Waals surface area contributed by atoms with Crippen molar-refractivity contribution in [3.63, 3.8) is 0 Å². The normalized spacial score (nSPS) is 26.4. The molecule has 2 saturated carbocycles. The van der Waals surface area contributed by atoms with Crippen LogP contribution in [-0.4, -0.2) is 37.2 Å². The minimum Gasteiger partial charge on any atom is -0.449 e. The zero-order chi connectivity index (χ0) is 23.9. The summed E-state index contributed by atoms with van der Waals surface area (Å²) in [7, 11) is 0. The van der Waals surface area contributed by atoms with Crippen LogP contribution in [0.1, 0.15) is 65.7 Å². The Kier molecular flexibility index (Phi) is 9.04. The summed E-state index contributed by atoms with van der Waals surface area (Å²) in [6, 6.07) is 0. The van der Waals surface area contributed by atoms with E-state index in [0.29, 0.717) is 17.8 Å². The molecular formula is C24H36N2O6. The molecule has 178 valence electrons. The predicted octanol–water partition coefficient (Wildman–Crippen LogP) is 4.26. The van der Waals surface area contributed by atoms with Crippen LogP contribution in [0.2, 0.25) is 0 Å². The van der Waals surface area contributed by atoms with Crippen molar-refractivity contribution in [1.29, 1.82) is 0 Å². The Bertz CT molecular complexity index is 776. The SMILES string of the molecule is C=C(C)C(=O)NC(=O)OCCC1CCC(C)C2(CCOC(=O)NC(=O)C(=C)C)CCC1C2. The van der Waals surface area contributed by atoms with Gasteiger partial charge in [-0.15, -0.1) is 0 Å². The molecule has 2 bridgehead atoms. The van der Waals surface area contributed by atoms with Gasteiger partial charge in [-0.05, 0) is 82.0 Å². The van der Waals surface area contributed by atoms with E-state index in [-0.39, 0.29) is 29.8 Å². The van der Waals surface area contributed by atoms with E-state index in [9.17, 15) is 19.2 Å². The smallest absolute Gasteiger partial charge is 0.414 e. The number of rotatable bonds is 8. The summed E-state index contributed by atoms with van der Waals surface area (Å²) in [6.07, 6.45) is 5.46. The lowest BCUT2D eigenvalue weighted by Gasteiger charge is -2.35. The van der Waals surface area contributed by atoms with E-state index in [0.717, 1.165) is 44.9 Å². The molecule has 0 heterocycles. The number of carbonyl (C=O) groups is 4. The first-order valence-corrected chi connectivity index (χ1v) is 11.3. The molecule has 2 aliphatic rings. The highest BCUT2D eigenvalue weighted by Gasteiger charge is 2.47. The number of hydrogen-bond donors (Lipinski definition) is 2. The van der Waals surface area contributed by atoms with Gasteiger partial charge in [-0.3, -0.25) is 20.2 Å². The van der Waals surface area contributed by atoms with E-state index in [2.05, 4.69) is 30.7 Å². The Morgan fingerprint density at radius 2 is 1.47 bits per heavy atom. The third-order valence-electron chi connectivity index (χ3n) is 7.13. The highest BCUT2D eigenvalue weighted by atomic mass is 16.6. The number of amides is 4. The molecule has 4 amide bonds. The molecule has 8 heteroatoms. The second-order valence-corrected chi connectivity index (χ2v) is 9.38. The highest BCUT2D eigenvalue weighted by Crippen LogP contribution is 2.56. The second kappa shape index (κ2) is 11.3. The molecule has 2 N–H and O–H groups in total. The van der Waals surface area contributed by atoms with Gasteiger partial charge in [0, 0.05) is 11.1 Å². The van der Waals surface area contributed by atoms with Crippen LogP contribution in [0, 0.1) is 23.2 Å². The molecule has 0 aliphatic heterocycles. The Labute approximate surface area is 190 Å². The fraction of sp³-hybridized carbons (Fsp3) is 0.667. The summed E-state index contributed by atoms with van der Waals surface area (Å²) in [6.45, 7) is 12.9. The Balaban J connectivity index is 1.80. The van der Waals surface area contributed by atoms with Crippen molar-refractivity contribution in [3.05, 3.63) is 24.3 Å². The van der Waals surface area contributed by atoms with Crippen molar-refractivity contribution >= 4 is 24.0 Å². The van der Waals surface area contributed by atoms with Crippen molar-refractivity contribution in [2.75, 3.05) is 13.2 Å². The summed E-state index contributed by atoms with van der Waals surface area (Å²) in [5.41, 5.74) is 0.641. The molecule has 32 heavy (non-hydrogen) atoms. The van der Waals surface area contributed by atoms with Crippen molar-refractivity contribution in [1.82, 2.24) is 10.6 Å². The average molecular weight is 449 g/mol. The van der Waals surface area contributed by atoms with Crippen molar-refractivity contribution in [3.8, 4) is 0 Å². The van der Waals surface area contributed by atoms with E-state index in [1.165, 1.54) is 13.8 Å². The molecule has 4 unspecified atom stereocenters. The number of alkyl carbamates (subject to hydrolysis) is 2. The van der Waals surface area contributed by atoms with Gasteiger partial charge in [-0.25, -0.2) is 9.59 Å². The third-order valence-corrected chi connectivity index (χ3v) is 7.13. The molecule has 0 aromatic carbocycles. The molecule has 0 aromatic rings. The van der Waals surface area contributed by atoms with E-state index >= 15 is 0 Å². The predicted molar refractivity (Wildman–Crippen MR) is 120 cm³/mol. The fourth-order valence-electron chi connectivity index (χ4n) is 5.03. The van der Waals surface area contributed by atoms with Gasteiger partial charge in [0.1, 0.15) is 0 Å². The maximum atomic E-state index is 11.8. The van der Waals surface area contributed by atoms with Crippen LogP contribution in [0.25, 0.3) is 0 Å². The molecular weight excluding hydrogens is 412 g/mol. The number of nitrogens with one attached hydrogen (secondary N) is 2. The Hall–Kier alpha value is -2.64. The number of imide groups is 2. The molecule has 0 saturated heterocycles. The van der Waals surface area contributed by atoms with Gasteiger partial charge in [0.2, 0.25) is 0 Å². The summed E-state index contributed by atoms with van der Waals surface area (Å²) < 4.78 is 10.5. The zero-order valence-corrected chi connectivity index (χ0v) is 19.5. The third kappa shape index (κ3) is 6.93. The largest absolute Gasteiger partial charge is 0.449 e. The Morgan fingerprint density at radius 3 is 2.03 bits per heavy atom. The molecule has 8 nitrogen and oxygen atoms in total. The van der Waals surface area contributed by atoms with Crippen LogP contribution in [0.5, 0.6) is 0 Å². The van der Waals surface area contributed by atoms with E-state index in [1.54, 1.807) is 0 Å². The minimum absolute atomic E-state index is 0.129. The summed E-state index contributed by atoms with van der Waals surface area (Å²) in [5.74, 6) is 0.448. The first-order valence-electron chi connectivity index (χ1n) is 11.3. The van der Waals surface area contributed by atoms with Gasteiger partial charge in [0.15, 0.2) is 0 Å². The molecule has 0 aromatic heterocycles. The van der Waals surface area contributed by atoms with Crippen LogP contribution < -0.4 is 10.6 Å². The van der Waals surface area contributed by atoms with E-state index in [1.807, 2.05) is 0 Å². The highest BCUT2D eigenvalue weighted by molar-refractivity contribution is 6.02. The van der Waals surface area contributed by atoms with Crippen LogP contribution in [0.3, 0.4) is 0 Å². The zero-order valence-electron chi connectivity index (χ0n) is 19.5. The first-order chi connectivity index (χ1) is 15.0. The molecule has 2 rings (SSSR count). The van der Waals surface area contributed by atoms with Gasteiger partial charge < -0.3 is 9.47 Å². The Morgan fingerprint density at radius 1 is 0.906 bits per heavy atom. The quantitative estimate of drug-likeness (QED) is 0.537. The van der Waals surface area contributed by atoms with Gasteiger partial charge in [-0.1, -0.05) is 20.1 Å². The average Bonchev–Trinajstić information content (AvgIpc) is 3.09. The van der Waals surface area contributed by atoms with Crippen LogP contribution in [0.4, 0.5) is 9.59 Å². The van der Waals surface area contributed by atoms with E-state index < -0.39 is 24.0 Å². The summed E-state index contributed by atoms with van der Waals surface area (Å²) >= 11 is 0. The summed E-state index contributed by atoms with van der Waals surface area (Å²) in [4.78, 5) is 46.6. The topological polar surface area (TPSA) is 111 Å². The lowest BCUT2D eigenvalue weighted by Crippen LogP contribution is -2.33. The molecule has 0 spiro atoms. The minimum atomic E-state index is -0.735.